The van der Waals surface area contributed by atoms with Crippen LogP contribution in [0.1, 0.15) is 38.2 Å². The van der Waals surface area contributed by atoms with Crippen LogP contribution in [0.2, 0.25) is 0 Å². The Morgan fingerprint density at radius 3 is 2.76 bits per heavy atom. The number of nitrogens with zero attached hydrogens (tertiary/aromatic N) is 2. The van der Waals surface area contributed by atoms with Gasteiger partial charge in [0.1, 0.15) is 0 Å². The van der Waals surface area contributed by atoms with E-state index in [-0.39, 0.29) is 4.90 Å². The van der Waals surface area contributed by atoms with Crippen molar-refractivity contribution in [3.63, 3.8) is 0 Å². The van der Waals surface area contributed by atoms with Gasteiger partial charge in [0.2, 0.25) is 10.0 Å². The average molecular weight is 367 g/mol. The molecule has 0 atom stereocenters. The number of hydrogen-bond acceptors (Lipinski definition) is 3. The van der Waals surface area contributed by atoms with Crippen LogP contribution in [0.4, 0.5) is 0 Å². The summed E-state index contributed by atoms with van der Waals surface area (Å²) in [6.07, 6.45) is 6.41. The minimum atomic E-state index is -3.69. The molecule has 25 heavy (non-hydrogen) atoms. The Balaban J connectivity index is 2.70. The third-order valence-corrected chi connectivity index (χ3v) is 4.65. The zero-order valence-corrected chi connectivity index (χ0v) is 16.1. The highest BCUT2D eigenvalue weighted by molar-refractivity contribution is 7.89. The van der Waals surface area contributed by atoms with Crippen LogP contribution in [0.15, 0.2) is 46.8 Å². The van der Waals surface area contributed by atoms with Gasteiger partial charge in [-0.3, -0.25) is 0 Å². The van der Waals surface area contributed by atoms with Gasteiger partial charge in [-0.25, -0.2) is 18.5 Å². The van der Waals surface area contributed by atoms with Crippen molar-refractivity contribution in [1.82, 2.24) is 10.2 Å². The van der Waals surface area contributed by atoms with Gasteiger partial charge in [0.05, 0.1) is 11.4 Å². The molecular weight excluding hydrogens is 336 g/mol. The van der Waals surface area contributed by atoms with Crippen molar-refractivity contribution in [2.24, 2.45) is 10.1 Å². The Bertz CT molecular complexity index is 671. The maximum absolute atomic E-state index is 11.4. The molecule has 1 rings (SSSR count). The van der Waals surface area contributed by atoms with Crippen molar-refractivity contribution in [3.8, 4) is 0 Å². The van der Waals surface area contributed by atoms with E-state index in [0.29, 0.717) is 6.54 Å². The third-order valence-electron chi connectivity index (χ3n) is 3.74. The molecule has 0 aliphatic carbocycles. The number of aliphatic imine (C=N–C) groups is 1. The fourth-order valence-electron chi connectivity index (χ4n) is 2.38. The van der Waals surface area contributed by atoms with Gasteiger partial charge in [0.25, 0.3) is 0 Å². The third kappa shape index (κ3) is 8.18. The zero-order chi connectivity index (χ0) is 18.7. The van der Waals surface area contributed by atoms with Crippen LogP contribution in [0.25, 0.3) is 0 Å². The van der Waals surface area contributed by atoms with Gasteiger partial charge in [-0.2, -0.15) is 0 Å². The summed E-state index contributed by atoms with van der Waals surface area (Å²) in [5.74, 6) is 0.812. The molecule has 3 N–H and O–H groups in total. The standard InChI is InChI=1S/C18H30N4O2S/c1-4-6-7-8-9-13-22(3)18(20-5-2)21-15-16-11-10-12-17(14-16)25(19,23)24/h4,10-12,14H,1,5-9,13,15H2,2-3H3,(H,20,21)(H2,19,23,24). The minimum absolute atomic E-state index is 0.112. The van der Waals surface area contributed by atoms with Crippen LogP contribution in [0.3, 0.4) is 0 Å². The normalized spacial score (nSPS) is 12.0. The van der Waals surface area contributed by atoms with Crippen LogP contribution in [-0.2, 0) is 16.6 Å². The summed E-state index contributed by atoms with van der Waals surface area (Å²) >= 11 is 0. The lowest BCUT2D eigenvalue weighted by Gasteiger charge is -2.22. The number of unbranched alkanes of at least 4 members (excludes halogenated alkanes) is 3. The van der Waals surface area contributed by atoms with Crippen LogP contribution in [0.5, 0.6) is 0 Å². The summed E-state index contributed by atoms with van der Waals surface area (Å²) in [4.78, 5) is 6.81. The molecule has 0 amide bonds. The summed E-state index contributed by atoms with van der Waals surface area (Å²) in [6, 6.07) is 6.58. The molecule has 0 radical (unpaired) electrons. The van der Waals surface area contributed by atoms with Gasteiger partial charge in [0.15, 0.2) is 5.96 Å². The first-order chi connectivity index (χ1) is 11.9. The van der Waals surface area contributed by atoms with Crippen molar-refractivity contribution in [3.05, 3.63) is 42.5 Å². The van der Waals surface area contributed by atoms with Crippen molar-refractivity contribution in [2.45, 2.75) is 44.0 Å². The van der Waals surface area contributed by atoms with E-state index in [1.165, 1.54) is 6.07 Å². The maximum Gasteiger partial charge on any atom is 0.238 e. The molecule has 0 aromatic heterocycles. The lowest BCUT2D eigenvalue weighted by molar-refractivity contribution is 0.455. The molecule has 0 spiro atoms. The smallest absolute Gasteiger partial charge is 0.238 e. The fourth-order valence-corrected chi connectivity index (χ4v) is 2.96. The van der Waals surface area contributed by atoms with Crippen LogP contribution in [0, 0.1) is 0 Å². The van der Waals surface area contributed by atoms with Gasteiger partial charge < -0.3 is 10.2 Å². The van der Waals surface area contributed by atoms with Crippen molar-refractivity contribution >= 4 is 16.0 Å². The van der Waals surface area contributed by atoms with Gasteiger partial charge >= 0.3 is 0 Å². The SMILES string of the molecule is C=CCCCCCN(C)C(=NCc1cccc(S(N)(=O)=O)c1)NCC. The predicted octanol–water partition coefficient (Wildman–Crippen LogP) is 2.48. The first kappa shape index (κ1) is 21.2. The lowest BCUT2D eigenvalue weighted by Crippen LogP contribution is -2.39. The number of hydrogen-bond donors (Lipinski definition) is 2. The first-order valence-corrected chi connectivity index (χ1v) is 10.1. The number of rotatable bonds is 10. The second-order valence-corrected chi connectivity index (χ2v) is 7.48. The lowest BCUT2D eigenvalue weighted by atomic mass is 10.2. The summed E-state index contributed by atoms with van der Waals surface area (Å²) in [6.45, 7) is 7.85. The average Bonchev–Trinajstić information content (AvgIpc) is 2.57. The number of benzene rings is 1. The van der Waals surface area contributed by atoms with Crippen molar-refractivity contribution < 1.29 is 8.42 Å². The number of sulfonamides is 1. The number of nitrogens with one attached hydrogen (secondary N) is 1. The molecule has 0 aliphatic heterocycles. The predicted molar refractivity (Wildman–Crippen MR) is 104 cm³/mol. The topological polar surface area (TPSA) is 87.8 Å². The van der Waals surface area contributed by atoms with E-state index in [1.807, 2.05) is 26.1 Å². The second-order valence-electron chi connectivity index (χ2n) is 5.92. The van der Waals surface area contributed by atoms with Gasteiger partial charge in [-0.05, 0) is 43.9 Å². The highest BCUT2D eigenvalue weighted by atomic mass is 32.2. The van der Waals surface area contributed by atoms with E-state index in [4.69, 9.17) is 5.14 Å². The summed E-state index contributed by atoms with van der Waals surface area (Å²) in [5, 5.41) is 8.44. The number of nitrogens with two attached hydrogens (primary N) is 1. The second kappa shape index (κ2) is 10.9. The highest BCUT2D eigenvalue weighted by Crippen LogP contribution is 2.11. The van der Waals surface area contributed by atoms with E-state index < -0.39 is 10.0 Å². The largest absolute Gasteiger partial charge is 0.357 e. The molecule has 6 nitrogen and oxygen atoms in total. The Morgan fingerprint density at radius 1 is 1.36 bits per heavy atom. The molecule has 0 saturated heterocycles. The quantitative estimate of drug-likeness (QED) is 0.288. The molecule has 0 saturated carbocycles. The monoisotopic (exact) mass is 366 g/mol. The van der Waals surface area contributed by atoms with Gasteiger partial charge in [0, 0.05) is 20.1 Å². The molecule has 0 unspecified atom stereocenters. The fraction of sp³-hybridized carbons (Fsp3) is 0.500. The Morgan fingerprint density at radius 2 is 2.12 bits per heavy atom. The van der Waals surface area contributed by atoms with E-state index >= 15 is 0 Å². The minimum Gasteiger partial charge on any atom is -0.357 e. The number of guanidine groups is 1. The number of allylic oxidation sites excluding steroid dienone is 1. The molecule has 0 bridgehead atoms. The van der Waals surface area contributed by atoms with Gasteiger partial charge in [-0.15, -0.1) is 6.58 Å². The molecular formula is C18H30N4O2S. The van der Waals surface area contributed by atoms with E-state index in [2.05, 4.69) is 21.8 Å². The molecule has 0 aliphatic rings. The van der Waals surface area contributed by atoms with Crippen molar-refractivity contribution in [1.29, 1.82) is 0 Å². The van der Waals surface area contributed by atoms with E-state index in [1.54, 1.807) is 12.1 Å². The zero-order valence-electron chi connectivity index (χ0n) is 15.2. The van der Waals surface area contributed by atoms with E-state index in [0.717, 1.165) is 50.3 Å². The first-order valence-electron chi connectivity index (χ1n) is 8.60. The Hall–Kier alpha value is -1.86. The summed E-state index contributed by atoms with van der Waals surface area (Å²) in [5.41, 5.74) is 0.807. The highest BCUT2D eigenvalue weighted by Gasteiger charge is 2.09. The molecule has 1 aromatic carbocycles. The summed E-state index contributed by atoms with van der Waals surface area (Å²) in [7, 11) is -1.68. The number of primary sulfonamides is 1. The Kier molecular flexibility index (Phi) is 9.23. The maximum atomic E-state index is 11.4. The summed E-state index contributed by atoms with van der Waals surface area (Å²) < 4.78 is 22.9. The van der Waals surface area contributed by atoms with Gasteiger partial charge in [-0.1, -0.05) is 24.6 Å². The van der Waals surface area contributed by atoms with Crippen LogP contribution in [-0.4, -0.2) is 39.4 Å². The Labute approximate surface area is 151 Å². The van der Waals surface area contributed by atoms with E-state index in [9.17, 15) is 8.42 Å². The molecule has 140 valence electrons. The molecule has 1 aromatic rings. The van der Waals surface area contributed by atoms with Crippen LogP contribution < -0.4 is 10.5 Å². The van der Waals surface area contributed by atoms with Crippen molar-refractivity contribution in [2.75, 3.05) is 20.1 Å². The van der Waals surface area contributed by atoms with Crippen LogP contribution >= 0.6 is 0 Å². The molecule has 7 heteroatoms. The molecule has 0 heterocycles. The molecule has 0 fully saturated rings.